The van der Waals surface area contributed by atoms with Crippen LogP contribution in [0.2, 0.25) is 0 Å². The van der Waals surface area contributed by atoms with E-state index in [0.29, 0.717) is 29.4 Å². The van der Waals surface area contributed by atoms with Crippen LogP contribution in [0.4, 0.5) is 11.4 Å². The first-order valence-electron chi connectivity index (χ1n) is 11.1. The third-order valence-corrected chi connectivity index (χ3v) is 5.97. The molecule has 0 radical (unpaired) electrons. The van der Waals surface area contributed by atoms with Crippen LogP contribution in [0.15, 0.2) is 66.7 Å². The Morgan fingerprint density at radius 3 is 2.24 bits per heavy atom. The highest BCUT2D eigenvalue weighted by Crippen LogP contribution is 2.42. The lowest BCUT2D eigenvalue weighted by molar-refractivity contribution is -0.122. The van der Waals surface area contributed by atoms with Crippen molar-refractivity contribution in [2.24, 2.45) is 5.92 Å². The van der Waals surface area contributed by atoms with Gasteiger partial charge in [-0.25, -0.2) is 0 Å². The summed E-state index contributed by atoms with van der Waals surface area (Å²) >= 11 is 0. The molecule has 1 saturated heterocycles. The summed E-state index contributed by atoms with van der Waals surface area (Å²) in [6.07, 6.45) is 0.835. The van der Waals surface area contributed by atoms with Crippen LogP contribution in [0, 0.1) is 5.92 Å². The first-order chi connectivity index (χ1) is 16.5. The second-order valence-corrected chi connectivity index (χ2v) is 8.10. The van der Waals surface area contributed by atoms with Gasteiger partial charge in [-0.05, 0) is 23.6 Å². The minimum Gasteiger partial charge on any atom is -0.493 e. The molecule has 1 aliphatic heterocycles. The van der Waals surface area contributed by atoms with E-state index in [9.17, 15) is 9.59 Å². The van der Waals surface area contributed by atoms with E-state index in [1.165, 1.54) is 21.3 Å². The van der Waals surface area contributed by atoms with Gasteiger partial charge in [0.25, 0.3) is 0 Å². The molecule has 0 aliphatic carbocycles. The minimum absolute atomic E-state index is 0.128. The lowest BCUT2D eigenvalue weighted by atomic mass is 10.0. The fraction of sp³-hybridized carbons (Fsp3) is 0.259. The van der Waals surface area contributed by atoms with E-state index in [0.717, 1.165) is 16.8 Å². The maximum absolute atomic E-state index is 13.1. The molecule has 0 saturated carbocycles. The number of rotatable bonds is 8. The maximum atomic E-state index is 13.1. The van der Waals surface area contributed by atoms with Gasteiger partial charge in [0, 0.05) is 30.8 Å². The van der Waals surface area contributed by atoms with Crippen molar-refractivity contribution >= 4 is 23.2 Å². The zero-order valence-electron chi connectivity index (χ0n) is 19.5. The van der Waals surface area contributed by atoms with Crippen LogP contribution >= 0.6 is 0 Å². The van der Waals surface area contributed by atoms with Gasteiger partial charge in [0.05, 0.1) is 32.9 Å². The summed E-state index contributed by atoms with van der Waals surface area (Å²) < 4.78 is 16.2. The Kier molecular flexibility index (Phi) is 7.01. The number of nitrogens with zero attached hydrogens (tertiary/aromatic N) is 1. The third kappa shape index (κ3) is 4.83. The molecule has 3 aromatic carbocycles. The second-order valence-electron chi connectivity index (χ2n) is 8.10. The molecule has 0 bridgehead atoms. The number of ether oxygens (including phenoxy) is 3. The highest BCUT2D eigenvalue weighted by Gasteiger charge is 2.36. The molecule has 34 heavy (non-hydrogen) atoms. The summed E-state index contributed by atoms with van der Waals surface area (Å²) in [6.45, 7) is 0.268. The lowest BCUT2D eigenvalue weighted by Gasteiger charge is -2.20. The SMILES string of the molecule is COc1cc(N2CC(C(=O)Nc3ccccc3Cc3ccccc3)CC2=O)cc(OC)c1OC. The highest BCUT2D eigenvalue weighted by atomic mass is 16.5. The molecule has 0 spiro atoms. The Balaban J connectivity index is 1.51. The van der Waals surface area contributed by atoms with Crippen molar-refractivity contribution < 1.29 is 23.8 Å². The monoisotopic (exact) mass is 460 g/mol. The van der Waals surface area contributed by atoms with E-state index in [1.54, 1.807) is 17.0 Å². The van der Waals surface area contributed by atoms with Crippen LogP contribution in [-0.4, -0.2) is 39.7 Å². The number of benzene rings is 3. The average Bonchev–Trinajstić information content (AvgIpc) is 3.26. The summed E-state index contributed by atoms with van der Waals surface area (Å²) in [6, 6.07) is 21.3. The van der Waals surface area contributed by atoms with Crippen molar-refractivity contribution in [2.75, 3.05) is 38.1 Å². The van der Waals surface area contributed by atoms with Crippen LogP contribution in [0.5, 0.6) is 17.2 Å². The number of amides is 2. The van der Waals surface area contributed by atoms with Crippen molar-refractivity contribution in [2.45, 2.75) is 12.8 Å². The molecule has 4 rings (SSSR count). The number of hydrogen-bond donors (Lipinski definition) is 1. The molecule has 1 unspecified atom stereocenters. The van der Waals surface area contributed by atoms with E-state index < -0.39 is 5.92 Å². The predicted octanol–water partition coefficient (Wildman–Crippen LogP) is 4.29. The molecule has 2 amide bonds. The number of carbonyl (C=O) groups is 2. The van der Waals surface area contributed by atoms with E-state index >= 15 is 0 Å². The van der Waals surface area contributed by atoms with Gasteiger partial charge in [0.1, 0.15) is 0 Å². The molecule has 1 atom stereocenters. The van der Waals surface area contributed by atoms with E-state index in [2.05, 4.69) is 17.4 Å². The molecule has 0 aromatic heterocycles. The van der Waals surface area contributed by atoms with Gasteiger partial charge >= 0.3 is 0 Å². The van der Waals surface area contributed by atoms with Gasteiger partial charge in [-0.2, -0.15) is 0 Å². The van der Waals surface area contributed by atoms with E-state index in [-0.39, 0.29) is 24.8 Å². The van der Waals surface area contributed by atoms with Gasteiger partial charge in [-0.1, -0.05) is 48.5 Å². The molecule has 7 nitrogen and oxygen atoms in total. The molecule has 7 heteroatoms. The van der Waals surface area contributed by atoms with Gasteiger partial charge in [0.2, 0.25) is 17.6 Å². The molecule has 176 valence electrons. The van der Waals surface area contributed by atoms with Gasteiger partial charge in [-0.3, -0.25) is 9.59 Å². The largest absolute Gasteiger partial charge is 0.493 e. The lowest BCUT2D eigenvalue weighted by Crippen LogP contribution is -2.28. The van der Waals surface area contributed by atoms with Crippen LogP contribution in [0.1, 0.15) is 17.5 Å². The van der Waals surface area contributed by atoms with Gasteiger partial charge in [0.15, 0.2) is 11.5 Å². The second kappa shape index (κ2) is 10.3. The van der Waals surface area contributed by atoms with Gasteiger partial charge in [-0.15, -0.1) is 0 Å². The standard InChI is InChI=1S/C27H28N2O5/c1-32-23-15-21(16-24(33-2)26(23)34-3)29-17-20(14-25(29)30)27(31)28-22-12-8-7-11-19(22)13-18-9-5-4-6-10-18/h4-12,15-16,20H,13-14,17H2,1-3H3,(H,28,31). The Bertz CT molecular complexity index is 1150. The molecule has 1 N–H and O–H groups in total. The number of para-hydroxylation sites is 1. The number of nitrogens with one attached hydrogen (secondary N) is 1. The fourth-order valence-electron chi connectivity index (χ4n) is 4.20. The Labute approximate surface area is 199 Å². The topological polar surface area (TPSA) is 77.1 Å². The van der Waals surface area contributed by atoms with Crippen LogP contribution in [0.3, 0.4) is 0 Å². The summed E-state index contributed by atoms with van der Waals surface area (Å²) in [7, 11) is 4.57. The van der Waals surface area contributed by atoms with Crippen molar-refractivity contribution in [3.8, 4) is 17.2 Å². The molecular formula is C27H28N2O5. The zero-order chi connectivity index (χ0) is 24.1. The molecule has 1 heterocycles. The zero-order valence-corrected chi connectivity index (χ0v) is 19.5. The predicted molar refractivity (Wildman–Crippen MR) is 131 cm³/mol. The van der Waals surface area contributed by atoms with Crippen molar-refractivity contribution in [3.63, 3.8) is 0 Å². The quantitative estimate of drug-likeness (QED) is 0.543. The fourth-order valence-corrected chi connectivity index (χ4v) is 4.20. The summed E-state index contributed by atoms with van der Waals surface area (Å²) in [4.78, 5) is 27.6. The van der Waals surface area contributed by atoms with Gasteiger partial charge < -0.3 is 24.4 Å². The molecule has 1 aliphatic rings. The van der Waals surface area contributed by atoms with Crippen LogP contribution < -0.4 is 24.4 Å². The number of anilines is 2. The summed E-state index contributed by atoms with van der Waals surface area (Å²) in [5, 5.41) is 3.04. The molecular weight excluding hydrogens is 432 g/mol. The van der Waals surface area contributed by atoms with Crippen molar-refractivity contribution in [1.29, 1.82) is 0 Å². The maximum Gasteiger partial charge on any atom is 0.229 e. The average molecular weight is 461 g/mol. The summed E-state index contributed by atoms with van der Waals surface area (Å²) in [5.41, 5.74) is 3.54. The van der Waals surface area contributed by atoms with E-state index in [1.807, 2.05) is 42.5 Å². The smallest absolute Gasteiger partial charge is 0.229 e. The normalized spacial score (nSPS) is 15.2. The highest BCUT2D eigenvalue weighted by molar-refractivity contribution is 6.04. The first kappa shape index (κ1) is 23.2. The van der Waals surface area contributed by atoms with Crippen molar-refractivity contribution in [3.05, 3.63) is 77.9 Å². The molecule has 3 aromatic rings. The first-order valence-corrected chi connectivity index (χ1v) is 11.1. The van der Waals surface area contributed by atoms with Crippen LogP contribution in [0.25, 0.3) is 0 Å². The number of carbonyl (C=O) groups excluding carboxylic acids is 2. The number of hydrogen-bond acceptors (Lipinski definition) is 5. The van der Waals surface area contributed by atoms with Crippen LogP contribution in [-0.2, 0) is 16.0 Å². The Morgan fingerprint density at radius 2 is 1.59 bits per heavy atom. The third-order valence-electron chi connectivity index (χ3n) is 5.97. The molecule has 1 fully saturated rings. The summed E-state index contributed by atoms with van der Waals surface area (Å²) in [5.74, 6) is 0.566. The number of methoxy groups -OCH3 is 3. The van der Waals surface area contributed by atoms with E-state index in [4.69, 9.17) is 14.2 Å². The van der Waals surface area contributed by atoms with Crippen molar-refractivity contribution in [1.82, 2.24) is 0 Å². The Hall–Kier alpha value is -4.00. The Morgan fingerprint density at radius 1 is 0.941 bits per heavy atom. The minimum atomic E-state index is -0.476.